The molecule has 1 unspecified atom stereocenters. The maximum absolute atomic E-state index is 11.2. The van der Waals surface area contributed by atoms with Crippen LogP contribution in [0.2, 0.25) is 0 Å². The smallest absolute Gasteiger partial charge is 0.334 e. The third-order valence-corrected chi connectivity index (χ3v) is 9.00. The highest BCUT2D eigenvalue weighted by Crippen LogP contribution is 1.94. The van der Waals surface area contributed by atoms with Crippen LogP contribution in [0.25, 0.3) is 0 Å². The molecular formula is C49H98O25. The second kappa shape index (κ2) is 67.7. The minimum absolute atomic E-state index is 0.307. The van der Waals surface area contributed by atoms with E-state index in [9.17, 15) is 4.79 Å². The lowest BCUT2D eigenvalue weighted by atomic mass is 10.4. The maximum Gasteiger partial charge on any atom is 0.334 e. The average Bonchev–Trinajstić information content (AvgIpc) is 3.41. The van der Waals surface area contributed by atoms with E-state index in [0.717, 1.165) is 0 Å². The third kappa shape index (κ3) is 64.8. The molecule has 0 radical (unpaired) electrons. The molecule has 0 aromatic rings. The van der Waals surface area contributed by atoms with Crippen molar-refractivity contribution >= 4 is 5.97 Å². The fourth-order valence-corrected chi connectivity index (χ4v) is 5.16. The molecule has 0 aliphatic heterocycles. The summed E-state index contributed by atoms with van der Waals surface area (Å²) in [6.45, 7) is 23.0. The molecule has 444 valence electrons. The van der Waals surface area contributed by atoms with Crippen molar-refractivity contribution in [3.05, 3.63) is 0 Å². The van der Waals surface area contributed by atoms with Crippen LogP contribution in [0.3, 0.4) is 0 Å². The number of esters is 1. The Morgan fingerprint density at radius 2 is 0.338 bits per heavy atom. The van der Waals surface area contributed by atoms with Crippen molar-refractivity contribution in [1.82, 2.24) is 0 Å². The van der Waals surface area contributed by atoms with Crippen molar-refractivity contribution < 1.29 is 118 Å². The molecule has 0 fully saturated rings. The van der Waals surface area contributed by atoms with Gasteiger partial charge in [-0.2, -0.15) is 0 Å². The fourth-order valence-electron chi connectivity index (χ4n) is 5.16. The van der Waals surface area contributed by atoms with Crippen LogP contribution < -0.4 is 0 Å². The zero-order valence-electron chi connectivity index (χ0n) is 45.4. The Morgan fingerprint density at radius 1 is 0.216 bits per heavy atom. The van der Waals surface area contributed by atoms with E-state index in [4.69, 9.17) is 109 Å². The third-order valence-electron chi connectivity index (χ3n) is 9.00. The summed E-state index contributed by atoms with van der Waals surface area (Å²) < 4.78 is 130. The summed E-state index contributed by atoms with van der Waals surface area (Å²) in [7, 11) is 2.97. The number of hydrogen-bond donors (Lipinski definition) is 0. The van der Waals surface area contributed by atoms with Crippen molar-refractivity contribution in [3.63, 3.8) is 0 Å². The number of methoxy groups -OCH3 is 2. The van der Waals surface area contributed by atoms with E-state index in [0.29, 0.717) is 291 Å². The Balaban J connectivity index is 3.09. The molecule has 0 heterocycles. The summed E-state index contributed by atoms with van der Waals surface area (Å²) in [5, 5.41) is 0. The highest BCUT2D eigenvalue weighted by Gasteiger charge is 2.12. The molecule has 0 saturated heterocycles. The van der Waals surface area contributed by atoms with Gasteiger partial charge < -0.3 is 114 Å². The molecule has 74 heavy (non-hydrogen) atoms. The standard InChI is InChI=1S/C49H98O25/c1-48(49(50)52-3)74-47-46-73-45-44-72-43-42-71-41-40-70-39-38-69-37-36-68-35-34-67-33-32-66-31-30-65-29-28-64-27-26-63-25-24-62-23-22-61-21-20-60-19-18-59-17-16-58-15-14-57-13-12-56-11-10-55-9-8-54-7-6-53-5-4-51-2/h48H,4-47H2,1-3H3. The zero-order valence-corrected chi connectivity index (χ0v) is 45.4. The summed E-state index contributed by atoms with van der Waals surface area (Å²) >= 11 is 0. The van der Waals surface area contributed by atoms with Crippen molar-refractivity contribution in [3.8, 4) is 0 Å². The molecule has 1 atom stereocenters. The summed E-state index contributed by atoms with van der Waals surface area (Å²) in [6.07, 6.45) is -0.605. The molecule has 0 aromatic carbocycles. The lowest BCUT2D eigenvalue weighted by molar-refractivity contribution is -0.153. The number of carbonyl (C=O) groups excluding carboxylic acids is 1. The fraction of sp³-hybridized carbons (Fsp3) is 0.980. The Hall–Kier alpha value is -1.45. The Labute approximate surface area is 441 Å². The highest BCUT2D eigenvalue weighted by molar-refractivity contribution is 5.73. The van der Waals surface area contributed by atoms with Gasteiger partial charge in [0.15, 0.2) is 6.10 Å². The molecule has 0 aliphatic carbocycles. The van der Waals surface area contributed by atoms with Gasteiger partial charge in [-0.25, -0.2) is 4.79 Å². The molecule has 0 rings (SSSR count). The summed E-state index contributed by atoms with van der Waals surface area (Å²) in [5.41, 5.74) is 0. The number of rotatable bonds is 68. The summed E-state index contributed by atoms with van der Waals surface area (Å²) in [4.78, 5) is 11.2. The van der Waals surface area contributed by atoms with Gasteiger partial charge in [0.1, 0.15) is 0 Å². The van der Waals surface area contributed by atoms with Crippen LogP contribution in [0.1, 0.15) is 6.92 Å². The number of hydrogen-bond acceptors (Lipinski definition) is 25. The first kappa shape index (κ1) is 72.5. The van der Waals surface area contributed by atoms with Crippen molar-refractivity contribution in [2.75, 3.05) is 305 Å². The lowest BCUT2D eigenvalue weighted by Crippen LogP contribution is -2.24. The minimum atomic E-state index is -0.605. The first-order valence-electron chi connectivity index (χ1n) is 26.0. The molecule has 0 spiro atoms. The highest BCUT2D eigenvalue weighted by atomic mass is 16.6. The van der Waals surface area contributed by atoms with Crippen molar-refractivity contribution in [1.29, 1.82) is 0 Å². The predicted molar refractivity (Wildman–Crippen MR) is 267 cm³/mol. The van der Waals surface area contributed by atoms with Crippen LogP contribution >= 0.6 is 0 Å². The van der Waals surface area contributed by atoms with Gasteiger partial charge >= 0.3 is 5.97 Å². The molecule has 0 bridgehead atoms. The maximum atomic E-state index is 11.2. The average molecular weight is 1090 g/mol. The molecule has 0 N–H and O–H groups in total. The second-order valence-electron chi connectivity index (χ2n) is 14.9. The largest absolute Gasteiger partial charge is 0.467 e. The molecule has 0 aromatic heterocycles. The van der Waals surface area contributed by atoms with Gasteiger partial charge in [0, 0.05) is 7.11 Å². The zero-order chi connectivity index (χ0) is 53.2. The predicted octanol–water partition coefficient (Wildman–Crippen LogP) is 0.559. The van der Waals surface area contributed by atoms with Crippen LogP contribution in [-0.2, 0) is 118 Å². The summed E-state index contributed by atoms with van der Waals surface area (Å²) in [5.74, 6) is -0.408. The van der Waals surface area contributed by atoms with E-state index in [1.54, 1.807) is 14.0 Å². The van der Waals surface area contributed by atoms with Crippen molar-refractivity contribution in [2.24, 2.45) is 0 Å². The SMILES string of the molecule is COCCOCCOCCOCCOCCOCCOCCOCCOCCOCCOCCOCCOCCOCCOCCOCCOCCOCCOCCOCCOCCOCCOC(C)C(=O)OC. The lowest BCUT2D eigenvalue weighted by Gasteiger charge is -2.11. The van der Waals surface area contributed by atoms with E-state index >= 15 is 0 Å². The topological polar surface area (TPSA) is 239 Å². The second-order valence-corrected chi connectivity index (χ2v) is 14.9. The van der Waals surface area contributed by atoms with Gasteiger partial charge in [-0.1, -0.05) is 0 Å². The van der Waals surface area contributed by atoms with E-state index in [-0.39, 0.29) is 0 Å². The van der Waals surface area contributed by atoms with Gasteiger partial charge in [-0.15, -0.1) is 0 Å². The van der Waals surface area contributed by atoms with Crippen LogP contribution in [0.5, 0.6) is 0 Å². The quantitative estimate of drug-likeness (QED) is 0.0597. The molecule has 25 nitrogen and oxygen atoms in total. The molecule has 0 saturated carbocycles. The number of carbonyl (C=O) groups is 1. The van der Waals surface area contributed by atoms with E-state index in [2.05, 4.69) is 4.74 Å². The molecule has 0 aliphatic rings. The van der Waals surface area contributed by atoms with Gasteiger partial charge in [0.2, 0.25) is 0 Å². The molecular weight excluding hydrogens is 989 g/mol. The number of ether oxygens (including phenoxy) is 24. The first-order chi connectivity index (χ1) is 36.7. The van der Waals surface area contributed by atoms with E-state index < -0.39 is 12.1 Å². The van der Waals surface area contributed by atoms with Gasteiger partial charge in [0.05, 0.1) is 298 Å². The van der Waals surface area contributed by atoms with Crippen LogP contribution in [0.15, 0.2) is 0 Å². The van der Waals surface area contributed by atoms with Crippen LogP contribution in [0.4, 0.5) is 0 Å². The Bertz CT molecular complexity index is 1030. The monoisotopic (exact) mass is 1090 g/mol. The van der Waals surface area contributed by atoms with Crippen molar-refractivity contribution in [2.45, 2.75) is 13.0 Å². The Morgan fingerprint density at radius 3 is 0.459 bits per heavy atom. The van der Waals surface area contributed by atoms with E-state index in [1.165, 1.54) is 7.11 Å². The van der Waals surface area contributed by atoms with Crippen LogP contribution in [-0.4, -0.2) is 317 Å². The summed E-state index contributed by atoms with van der Waals surface area (Å²) in [6, 6.07) is 0. The van der Waals surface area contributed by atoms with Gasteiger partial charge in [0.25, 0.3) is 0 Å². The molecule has 25 heteroatoms. The van der Waals surface area contributed by atoms with Gasteiger partial charge in [-0.3, -0.25) is 0 Å². The van der Waals surface area contributed by atoms with Gasteiger partial charge in [-0.05, 0) is 6.92 Å². The normalized spacial score (nSPS) is 12.1. The van der Waals surface area contributed by atoms with E-state index in [1.807, 2.05) is 0 Å². The van der Waals surface area contributed by atoms with Crippen LogP contribution in [0, 0.1) is 0 Å². The molecule has 0 amide bonds. The minimum Gasteiger partial charge on any atom is -0.467 e. The first-order valence-corrected chi connectivity index (χ1v) is 26.0. The Kier molecular flexibility index (Phi) is 66.3.